The van der Waals surface area contributed by atoms with Gasteiger partial charge in [0.1, 0.15) is 0 Å². The molecular weight excluding hydrogens is 202 g/mol. The van der Waals surface area contributed by atoms with E-state index < -0.39 is 0 Å². The third-order valence-electron chi connectivity index (χ3n) is 1.51. The van der Waals surface area contributed by atoms with Crippen LogP contribution < -0.4 is 10.6 Å². The molecule has 1 rings (SSSR count). The summed E-state index contributed by atoms with van der Waals surface area (Å²) in [6.07, 6.45) is 1.60. The van der Waals surface area contributed by atoms with E-state index in [-0.39, 0.29) is 0 Å². The fraction of sp³-hybridized carbons (Fsp3) is 0.500. The van der Waals surface area contributed by atoms with E-state index in [0.29, 0.717) is 24.8 Å². The van der Waals surface area contributed by atoms with Crippen molar-refractivity contribution in [3.8, 4) is 0 Å². The summed E-state index contributed by atoms with van der Waals surface area (Å²) in [5, 5.41) is 10.1. The number of methoxy groups -OCH3 is 1. The van der Waals surface area contributed by atoms with Gasteiger partial charge in [-0.15, -0.1) is 0 Å². The van der Waals surface area contributed by atoms with Crippen LogP contribution >= 0.6 is 12.2 Å². The minimum atomic E-state index is 0.540. The molecule has 0 aromatic carbocycles. The summed E-state index contributed by atoms with van der Waals surface area (Å²) in [4.78, 5) is 0. The predicted molar refractivity (Wildman–Crippen MR) is 55.8 cm³/mol. The minimum absolute atomic E-state index is 0.540. The van der Waals surface area contributed by atoms with Crippen LogP contribution in [-0.2, 0) is 11.3 Å². The molecule has 1 heterocycles. The molecule has 5 nitrogen and oxygen atoms in total. The van der Waals surface area contributed by atoms with Gasteiger partial charge < -0.3 is 19.9 Å². The van der Waals surface area contributed by atoms with Crippen LogP contribution in [-0.4, -0.2) is 30.5 Å². The largest absolute Gasteiger partial charge is 0.383 e. The fourth-order valence-electron chi connectivity index (χ4n) is 0.830. The Morgan fingerprint density at radius 3 is 3.14 bits per heavy atom. The summed E-state index contributed by atoms with van der Waals surface area (Å²) in [5.74, 6) is 0.751. The van der Waals surface area contributed by atoms with Gasteiger partial charge in [0.2, 0.25) is 0 Å². The lowest BCUT2D eigenvalue weighted by atomic mass is 10.4. The highest BCUT2D eigenvalue weighted by Gasteiger charge is 1.98. The summed E-state index contributed by atoms with van der Waals surface area (Å²) in [6, 6.07) is 1.78. The van der Waals surface area contributed by atoms with Gasteiger partial charge in [-0.25, -0.2) is 0 Å². The first kappa shape index (κ1) is 10.9. The van der Waals surface area contributed by atoms with Gasteiger partial charge in [0.05, 0.1) is 19.3 Å². The maximum atomic E-state index is 5.00. The van der Waals surface area contributed by atoms with Crippen molar-refractivity contribution in [2.45, 2.75) is 6.54 Å². The van der Waals surface area contributed by atoms with Crippen molar-refractivity contribution in [1.29, 1.82) is 0 Å². The van der Waals surface area contributed by atoms with Crippen LogP contribution in [0.25, 0.3) is 0 Å². The number of ether oxygens (including phenoxy) is 1. The molecule has 0 unspecified atom stereocenters. The SMILES string of the molecule is COCCNC(=S)NCc1ccno1. The third kappa shape index (κ3) is 4.20. The van der Waals surface area contributed by atoms with Crippen molar-refractivity contribution < 1.29 is 9.26 Å². The van der Waals surface area contributed by atoms with Crippen LogP contribution in [0.2, 0.25) is 0 Å². The highest BCUT2D eigenvalue weighted by molar-refractivity contribution is 7.80. The average molecular weight is 215 g/mol. The van der Waals surface area contributed by atoms with Gasteiger partial charge >= 0.3 is 0 Å². The summed E-state index contributed by atoms with van der Waals surface area (Å²) >= 11 is 5.00. The summed E-state index contributed by atoms with van der Waals surface area (Å²) in [5.41, 5.74) is 0. The number of nitrogens with zero attached hydrogens (tertiary/aromatic N) is 1. The smallest absolute Gasteiger partial charge is 0.166 e. The quantitative estimate of drug-likeness (QED) is 0.543. The topological polar surface area (TPSA) is 59.3 Å². The van der Waals surface area contributed by atoms with Crippen LogP contribution in [0, 0.1) is 0 Å². The van der Waals surface area contributed by atoms with Gasteiger partial charge in [0, 0.05) is 19.7 Å². The van der Waals surface area contributed by atoms with E-state index in [4.69, 9.17) is 21.5 Å². The number of aromatic nitrogens is 1. The lowest BCUT2D eigenvalue weighted by molar-refractivity contribution is 0.204. The number of hydrogen-bond donors (Lipinski definition) is 2. The molecule has 1 aromatic rings. The second-order valence-electron chi connectivity index (χ2n) is 2.58. The Morgan fingerprint density at radius 2 is 2.50 bits per heavy atom. The second-order valence-corrected chi connectivity index (χ2v) is 2.99. The molecule has 0 bridgehead atoms. The van der Waals surface area contributed by atoms with Gasteiger partial charge in [0.15, 0.2) is 10.9 Å². The van der Waals surface area contributed by atoms with E-state index in [1.165, 1.54) is 0 Å². The maximum absolute atomic E-state index is 5.00. The van der Waals surface area contributed by atoms with E-state index in [2.05, 4.69) is 15.8 Å². The normalized spacial score (nSPS) is 9.79. The van der Waals surface area contributed by atoms with Crippen LogP contribution in [0.15, 0.2) is 16.8 Å². The standard InChI is InChI=1S/C8H13N3O2S/c1-12-5-4-9-8(14)10-6-7-2-3-11-13-7/h2-3H,4-6H2,1H3,(H2,9,10,14). The second kappa shape index (κ2) is 6.33. The third-order valence-corrected chi connectivity index (χ3v) is 1.79. The first-order valence-corrected chi connectivity index (χ1v) is 4.64. The zero-order chi connectivity index (χ0) is 10.2. The Morgan fingerprint density at radius 1 is 1.64 bits per heavy atom. The number of hydrogen-bond acceptors (Lipinski definition) is 4. The molecule has 1 aromatic heterocycles. The van der Waals surface area contributed by atoms with Crippen molar-refractivity contribution in [2.24, 2.45) is 0 Å². The molecule has 0 aliphatic rings. The molecule has 0 amide bonds. The van der Waals surface area contributed by atoms with Crippen molar-refractivity contribution in [1.82, 2.24) is 15.8 Å². The maximum Gasteiger partial charge on any atom is 0.166 e. The minimum Gasteiger partial charge on any atom is -0.383 e. The summed E-state index contributed by atoms with van der Waals surface area (Å²) in [7, 11) is 1.65. The van der Waals surface area contributed by atoms with E-state index >= 15 is 0 Å². The first-order valence-electron chi connectivity index (χ1n) is 4.23. The monoisotopic (exact) mass is 215 g/mol. The van der Waals surface area contributed by atoms with Crippen LogP contribution in [0.1, 0.15) is 5.76 Å². The van der Waals surface area contributed by atoms with Crippen molar-refractivity contribution in [2.75, 3.05) is 20.3 Å². The van der Waals surface area contributed by atoms with Gasteiger partial charge in [-0.3, -0.25) is 0 Å². The molecular formula is C8H13N3O2S. The predicted octanol–water partition coefficient (Wildman–Crippen LogP) is 0.285. The fourth-order valence-corrected chi connectivity index (χ4v) is 1.00. The molecule has 0 radical (unpaired) electrons. The van der Waals surface area contributed by atoms with Gasteiger partial charge in [-0.2, -0.15) is 0 Å². The van der Waals surface area contributed by atoms with Crippen molar-refractivity contribution in [3.05, 3.63) is 18.0 Å². The molecule has 78 valence electrons. The summed E-state index contributed by atoms with van der Waals surface area (Å²) < 4.78 is 9.75. The highest BCUT2D eigenvalue weighted by Crippen LogP contribution is 1.94. The Hall–Kier alpha value is -1.14. The molecule has 0 atom stereocenters. The van der Waals surface area contributed by atoms with Crippen LogP contribution in [0.5, 0.6) is 0 Å². The molecule has 0 spiro atoms. The van der Waals surface area contributed by atoms with Crippen LogP contribution in [0.3, 0.4) is 0 Å². The molecule has 0 aliphatic heterocycles. The molecule has 6 heteroatoms. The zero-order valence-electron chi connectivity index (χ0n) is 7.95. The van der Waals surface area contributed by atoms with E-state index in [9.17, 15) is 0 Å². The Labute approximate surface area is 87.8 Å². The molecule has 0 saturated heterocycles. The molecule has 0 fully saturated rings. The molecule has 14 heavy (non-hydrogen) atoms. The Balaban J connectivity index is 2.09. The zero-order valence-corrected chi connectivity index (χ0v) is 8.76. The first-order chi connectivity index (χ1) is 6.83. The average Bonchev–Trinajstić information content (AvgIpc) is 2.68. The summed E-state index contributed by atoms with van der Waals surface area (Å²) in [6.45, 7) is 1.86. The Bertz CT molecular complexity index is 264. The van der Waals surface area contributed by atoms with Crippen LogP contribution in [0.4, 0.5) is 0 Å². The highest BCUT2D eigenvalue weighted by atomic mass is 32.1. The lowest BCUT2D eigenvalue weighted by Gasteiger charge is -2.07. The lowest BCUT2D eigenvalue weighted by Crippen LogP contribution is -2.36. The molecule has 0 saturated carbocycles. The number of rotatable bonds is 5. The van der Waals surface area contributed by atoms with Crippen molar-refractivity contribution in [3.63, 3.8) is 0 Å². The number of thiocarbonyl (C=S) groups is 1. The van der Waals surface area contributed by atoms with Gasteiger partial charge in [-0.05, 0) is 12.2 Å². The number of nitrogens with one attached hydrogen (secondary N) is 2. The molecule has 0 aliphatic carbocycles. The van der Waals surface area contributed by atoms with Crippen molar-refractivity contribution >= 4 is 17.3 Å². The van der Waals surface area contributed by atoms with E-state index in [1.807, 2.05) is 0 Å². The molecule has 2 N–H and O–H groups in total. The Kier molecular flexibility index (Phi) is 4.95. The van der Waals surface area contributed by atoms with E-state index in [1.54, 1.807) is 19.4 Å². The van der Waals surface area contributed by atoms with E-state index in [0.717, 1.165) is 5.76 Å². The van der Waals surface area contributed by atoms with Gasteiger partial charge in [-0.1, -0.05) is 5.16 Å². The van der Waals surface area contributed by atoms with Gasteiger partial charge in [0.25, 0.3) is 0 Å².